The van der Waals surface area contributed by atoms with Crippen molar-refractivity contribution in [1.29, 1.82) is 0 Å². The van der Waals surface area contributed by atoms with Crippen LogP contribution in [0.15, 0.2) is 35.2 Å². The van der Waals surface area contributed by atoms with Gasteiger partial charge in [-0.05, 0) is 25.0 Å². The Balaban J connectivity index is 1.57. The summed E-state index contributed by atoms with van der Waals surface area (Å²) < 4.78 is 7.47. The van der Waals surface area contributed by atoms with E-state index < -0.39 is 0 Å². The highest BCUT2D eigenvalue weighted by Gasteiger charge is 2.19. The minimum absolute atomic E-state index is 0.0369. The second-order valence-corrected chi connectivity index (χ2v) is 6.54. The van der Waals surface area contributed by atoms with Gasteiger partial charge in [-0.2, -0.15) is 0 Å². The maximum absolute atomic E-state index is 12.4. The number of benzene rings is 1. The molecule has 124 valence electrons. The van der Waals surface area contributed by atoms with Crippen molar-refractivity contribution in [2.24, 2.45) is 0 Å². The summed E-state index contributed by atoms with van der Waals surface area (Å²) >= 11 is 1.52. The quantitative estimate of drug-likeness (QED) is 0.773. The Labute approximate surface area is 143 Å². The van der Waals surface area contributed by atoms with Crippen LogP contribution in [-0.4, -0.2) is 39.7 Å². The molecule has 1 saturated heterocycles. The lowest BCUT2D eigenvalue weighted by Crippen LogP contribution is -2.34. The summed E-state index contributed by atoms with van der Waals surface area (Å²) in [6.07, 6.45) is 2.23. The van der Waals surface area contributed by atoms with Crippen molar-refractivity contribution in [2.45, 2.75) is 25.5 Å². The molecule has 0 saturated carbocycles. The highest BCUT2D eigenvalue weighted by molar-refractivity contribution is 7.07. The van der Waals surface area contributed by atoms with Crippen LogP contribution in [-0.2, 0) is 16.1 Å². The van der Waals surface area contributed by atoms with E-state index in [2.05, 4.69) is 15.3 Å². The van der Waals surface area contributed by atoms with Crippen molar-refractivity contribution in [3.63, 3.8) is 0 Å². The molecule has 0 radical (unpaired) electrons. The molecule has 1 amide bonds. The van der Waals surface area contributed by atoms with Crippen LogP contribution < -0.4 is 5.32 Å². The topological polar surface area (TPSA) is 69.0 Å². The first-order valence-corrected chi connectivity index (χ1v) is 8.97. The average molecular weight is 342 g/mol. The van der Waals surface area contributed by atoms with Gasteiger partial charge in [0.15, 0.2) is 5.82 Å². The molecule has 1 unspecified atom stereocenters. The number of nitrogens with one attached hydrogen (secondary N) is 1. The molecule has 2 aromatic heterocycles. The molecule has 0 aliphatic carbocycles. The van der Waals surface area contributed by atoms with Gasteiger partial charge in [0.05, 0.1) is 22.6 Å². The summed E-state index contributed by atoms with van der Waals surface area (Å²) in [4.78, 5) is 21.4. The molecule has 7 heteroatoms. The number of amides is 1. The highest BCUT2D eigenvalue weighted by atomic mass is 32.1. The van der Waals surface area contributed by atoms with Crippen LogP contribution in [0.25, 0.3) is 22.6 Å². The molecule has 1 atom stereocenters. The van der Waals surface area contributed by atoms with Gasteiger partial charge in [-0.25, -0.2) is 9.97 Å². The molecular formula is C17H18N4O2S. The Kier molecular flexibility index (Phi) is 4.27. The molecule has 1 aromatic carbocycles. The molecule has 24 heavy (non-hydrogen) atoms. The molecule has 4 rings (SSSR count). The third-order valence-corrected chi connectivity index (χ3v) is 4.76. The van der Waals surface area contributed by atoms with Crippen molar-refractivity contribution in [2.75, 3.05) is 13.2 Å². The Hall–Kier alpha value is -2.25. The molecule has 3 heterocycles. The number of para-hydroxylation sites is 2. The monoisotopic (exact) mass is 342 g/mol. The number of aromatic nitrogens is 3. The third-order valence-electron chi connectivity index (χ3n) is 4.17. The van der Waals surface area contributed by atoms with Crippen molar-refractivity contribution < 1.29 is 9.53 Å². The summed E-state index contributed by atoms with van der Waals surface area (Å²) in [7, 11) is 0. The standard InChI is InChI=1S/C17H18N4O2S/c22-16(18-8-12-4-3-7-23-12)9-21-15-6-2-1-5-13(15)20-17(21)14-10-24-11-19-14/h1-2,5-6,10-12H,3-4,7-9H2,(H,18,22). The number of hydrogen-bond acceptors (Lipinski definition) is 5. The lowest BCUT2D eigenvalue weighted by atomic mass is 10.2. The normalized spacial score (nSPS) is 17.4. The zero-order chi connectivity index (χ0) is 16.4. The van der Waals surface area contributed by atoms with Crippen LogP contribution >= 0.6 is 11.3 Å². The number of nitrogens with zero attached hydrogens (tertiary/aromatic N) is 3. The van der Waals surface area contributed by atoms with E-state index in [9.17, 15) is 4.79 Å². The van der Waals surface area contributed by atoms with Crippen molar-refractivity contribution in [1.82, 2.24) is 19.9 Å². The molecule has 1 aliphatic heterocycles. The van der Waals surface area contributed by atoms with Crippen LogP contribution in [0.5, 0.6) is 0 Å². The van der Waals surface area contributed by atoms with E-state index in [4.69, 9.17) is 4.74 Å². The van der Waals surface area contributed by atoms with Gasteiger partial charge in [-0.1, -0.05) is 12.1 Å². The number of thiazole rings is 1. The fourth-order valence-corrected chi connectivity index (χ4v) is 3.52. The fraction of sp³-hybridized carbons (Fsp3) is 0.353. The van der Waals surface area contributed by atoms with Crippen LogP contribution in [0, 0.1) is 0 Å². The van der Waals surface area contributed by atoms with Crippen molar-refractivity contribution in [3.05, 3.63) is 35.2 Å². The summed E-state index contributed by atoms with van der Waals surface area (Å²) in [5.41, 5.74) is 4.37. The third kappa shape index (κ3) is 3.05. The largest absolute Gasteiger partial charge is 0.376 e. The Morgan fingerprint density at radius 1 is 1.42 bits per heavy atom. The number of fused-ring (bicyclic) bond motifs is 1. The van der Waals surface area contributed by atoms with E-state index in [0.717, 1.165) is 42.0 Å². The van der Waals surface area contributed by atoms with E-state index in [1.807, 2.05) is 34.2 Å². The summed E-state index contributed by atoms with van der Waals surface area (Å²) in [6, 6.07) is 7.83. The predicted octanol–water partition coefficient (Wildman–Crippen LogP) is 2.46. The SMILES string of the molecule is O=C(Cn1c(-c2cscn2)nc2ccccc21)NCC1CCCO1. The smallest absolute Gasteiger partial charge is 0.240 e. The maximum Gasteiger partial charge on any atom is 0.240 e. The van der Waals surface area contributed by atoms with Crippen LogP contribution in [0.1, 0.15) is 12.8 Å². The number of imidazole rings is 1. The van der Waals surface area contributed by atoms with Crippen molar-refractivity contribution >= 4 is 28.3 Å². The number of rotatable bonds is 5. The van der Waals surface area contributed by atoms with E-state index >= 15 is 0 Å². The molecule has 1 aliphatic rings. The summed E-state index contributed by atoms with van der Waals surface area (Å²) in [5.74, 6) is 0.690. The maximum atomic E-state index is 12.4. The van der Waals surface area contributed by atoms with E-state index in [1.165, 1.54) is 11.3 Å². The Morgan fingerprint density at radius 2 is 2.33 bits per heavy atom. The number of carbonyl (C=O) groups excluding carboxylic acids is 1. The van der Waals surface area contributed by atoms with Gasteiger partial charge in [-0.15, -0.1) is 11.3 Å². The van der Waals surface area contributed by atoms with Gasteiger partial charge >= 0.3 is 0 Å². The zero-order valence-corrected chi connectivity index (χ0v) is 14.0. The van der Waals surface area contributed by atoms with Crippen LogP contribution in [0.3, 0.4) is 0 Å². The molecule has 6 nitrogen and oxygen atoms in total. The molecule has 3 aromatic rings. The van der Waals surface area contributed by atoms with E-state index in [-0.39, 0.29) is 18.6 Å². The van der Waals surface area contributed by atoms with E-state index in [1.54, 1.807) is 5.51 Å². The zero-order valence-electron chi connectivity index (χ0n) is 13.1. The first-order chi connectivity index (χ1) is 11.8. The summed E-state index contributed by atoms with van der Waals surface area (Å²) in [6.45, 7) is 1.58. The molecule has 0 bridgehead atoms. The first kappa shape index (κ1) is 15.3. The number of carbonyl (C=O) groups is 1. The second-order valence-electron chi connectivity index (χ2n) is 5.82. The van der Waals surface area contributed by atoms with Gasteiger partial charge in [0.1, 0.15) is 12.2 Å². The first-order valence-electron chi connectivity index (χ1n) is 8.03. The second kappa shape index (κ2) is 6.70. The van der Waals surface area contributed by atoms with Gasteiger partial charge in [0.25, 0.3) is 0 Å². The minimum Gasteiger partial charge on any atom is -0.376 e. The molecule has 1 fully saturated rings. The number of ether oxygens (including phenoxy) is 1. The lowest BCUT2D eigenvalue weighted by molar-refractivity contribution is -0.122. The van der Waals surface area contributed by atoms with Gasteiger partial charge < -0.3 is 14.6 Å². The molecule has 0 spiro atoms. The highest BCUT2D eigenvalue weighted by Crippen LogP contribution is 2.24. The van der Waals surface area contributed by atoms with Crippen LogP contribution in [0.2, 0.25) is 0 Å². The lowest BCUT2D eigenvalue weighted by Gasteiger charge is -2.12. The van der Waals surface area contributed by atoms with Crippen molar-refractivity contribution in [3.8, 4) is 11.5 Å². The summed E-state index contributed by atoms with van der Waals surface area (Å²) in [5, 5.41) is 4.92. The van der Waals surface area contributed by atoms with Gasteiger partial charge in [0, 0.05) is 18.5 Å². The Bertz CT molecular complexity index is 838. The predicted molar refractivity (Wildman–Crippen MR) is 92.8 cm³/mol. The van der Waals surface area contributed by atoms with E-state index in [0.29, 0.717) is 6.54 Å². The fourth-order valence-electron chi connectivity index (χ4n) is 2.99. The Morgan fingerprint density at radius 3 is 3.12 bits per heavy atom. The molecule has 1 N–H and O–H groups in total. The molecular weight excluding hydrogens is 324 g/mol. The van der Waals surface area contributed by atoms with Gasteiger partial charge in [-0.3, -0.25) is 4.79 Å². The average Bonchev–Trinajstić information content (AvgIpc) is 3.34. The number of hydrogen-bond donors (Lipinski definition) is 1. The minimum atomic E-state index is -0.0369. The van der Waals surface area contributed by atoms with Crippen LogP contribution in [0.4, 0.5) is 0 Å². The van der Waals surface area contributed by atoms with Gasteiger partial charge in [0.2, 0.25) is 5.91 Å².